The molecule has 242 valence electrons. The Balaban J connectivity index is 1.06. The smallest absolute Gasteiger partial charge is 0.276 e. The molecule has 12 nitrogen and oxygen atoms in total. The van der Waals surface area contributed by atoms with Crippen LogP contribution >= 0.6 is 0 Å². The number of hydrogen-bond acceptors (Lipinski definition) is 9. The first-order valence-corrected chi connectivity index (χ1v) is 16.8. The summed E-state index contributed by atoms with van der Waals surface area (Å²) in [6.45, 7) is 2.57. The monoisotopic (exact) mass is 626 g/mol. The van der Waals surface area contributed by atoms with Gasteiger partial charge in [-0.15, -0.1) is 0 Å². The number of pyridine rings is 1. The molecule has 0 saturated carbocycles. The van der Waals surface area contributed by atoms with Gasteiger partial charge in [-0.1, -0.05) is 0 Å². The molecule has 8 rings (SSSR count). The average molecular weight is 627 g/mol. The number of rotatable bonds is 7. The molecule has 12 heteroatoms. The predicted molar refractivity (Wildman–Crippen MR) is 171 cm³/mol. The Bertz CT molecular complexity index is 1670. The molecule has 1 aliphatic carbocycles. The number of aliphatic hydroxyl groups is 1. The van der Waals surface area contributed by atoms with Gasteiger partial charge in [-0.05, 0) is 80.5 Å². The van der Waals surface area contributed by atoms with Crippen molar-refractivity contribution >= 4 is 23.5 Å². The Morgan fingerprint density at radius 3 is 2.74 bits per heavy atom. The van der Waals surface area contributed by atoms with Crippen LogP contribution in [0.4, 0.5) is 11.8 Å². The fourth-order valence-corrected chi connectivity index (χ4v) is 8.11. The number of imidazole rings is 1. The highest BCUT2D eigenvalue weighted by Gasteiger charge is 2.39. The van der Waals surface area contributed by atoms with Crippen molar-refractivity contribution in [3.63, 3.8) is 0 Å². The summed E-state index contributed by atoms with van der Waals surface area (Å²) in [7, 11) is 1.86. The predicted octanol–water partition coefficient (Wildman–Crippen LogP) is 3.39. The summed E-state index contributed by atoms with van der Waals surface area (Å²) in [6, 6.07) is 2.52. The molecule has 4 unspecified atom stereocenters. The largest absolute Gasteiger partial charge is 0.392 e. The van der Waals surface area contributed by atoms with Crippen LogP contribution in [-0.2, 0) is 35.5 Å². The molecule has 2 saturated heterocycles. The number of ketones is 1. The number of aliphatic hydroxyl groups excluding tert-OH is 1. The second-order valence-electron chi connectivity index (χ2n) is 13.1. The number of fused-ring (bicyclic) bond motifs is 3. The molecule has 2 fully saturated rings. The van der Waals surface area contributed by atoms with Gasteiger partial charge in [-0.25, -0.2) is 9.97 Å². The lowest BCUT2D eigenvalue weighted by Gasteiger charge is -2.45. The number of nitrogens with zero attached hydrogens (tertiary/aromatic N) is 7. The van der Waals surface area contributed by atoms with Gasteiger partial charge in [0, 0.05) is 63.0 Å². The van der Waals surface area contributed by atoms with E-state index in [1.807, 2.05) is 36.5 Å². The van der Waals surface area contributed by atoms with Crippen LogP contribution in [0.2, 0.25) is 0 Å². The Morgan fingerprint density at radius 2 is 1.91 bits per heavy atom. The molecule has 1 amide bonds. The molecule has 3 aromatic rings. The molecule has 4 aliphatic heterocycles. The fraction of sp³-hybridized carbons (Fsp3) is 0.529. The number of likely N-dealkylation sites (tertiary alicyclic amines) is 1. The second-order valence-corrected chi connectivity index (χ2v) is 13.1. The highest BCUT2D eigenvalue weighted by Crippen LogP contribution is 2.37. The molecule has 46 heavy (non-hydrogen) atoms. The van der Waals surface area contributed by atoms with Gasteiger partial charge < -0.3 is 29.2 Å². The van der Waals surface area contributed by atoms with Gasteiger partial charge in [0.25, 0.3) is 5.91 Å². The van der Waals surface area contributed by atoms with Crippen molar-refractivity contribution in [3.8, 4) is 0 Å². The molecular formula is C34H42N8O4. The summed E-state index contributed by atoms with van der Waals surface area (Å²) in [5.41, 5.74) is 4.39. The standard InChI is InChI=1S/C34H42N8O4/c1-38-15-10-25(37-34-36-13-16-41(34)28-8-4-5-14-40(28)29-11-19-46-29)31(44)30(38)23-9-12-35-32(24(23)21-43)42-18-17-39-26-7-3-2-6-22(26)20-27(39)33(42)45/h9-10,12-13,15-16,20,25,28-30,43H,2-8,11,14,17-19,21H2,1H3,(H,36,37). The Labute approximate surface area is 268 Å². The van der Waals surface area contributed by atoms with Crippen LogP contribution in [0.5, 0.6) is 0 Å². The molecule has 5 aliphatic rings. The zero-order valence-electron chi connectivity index (χ0n) is 26.3. The number of aromatic nitrogens is 4. The number of ether oxygens (including phenoxy) is 1. The first-order valence-electron chi connectivity index (χ1n) is 16.8. The van der Waals surface area contributed by atoms with Gasteiger partial charge in [0.1, 0.15) is 29.8 Å². The first-order chi connectivity index (χ1) is 22.5. The van der Waals surface area contributed by atoms with Crippen LogP contribution in [0.3, 0.4) is 0 Å². The number of anilines is 2. The maximum absolute atomic E-state index is 14.3. The van der Waals surface area contributed by atoms with Crippen molar-refractivity contribution in [2.24, 2.45) is 0 Å². The minimum Gasteiger partial charge on any atom is -0.392 e. The lowest BCUT2D eigenvalue weighted by atomic mass is 9.91. The lowest BCUT2D eigenvalue weighted by Crippen LogP contribution is -2.50. The van der Waals surface area contributed by atoms with E-state index in [1.54, 1.807) is 23.4 Å². The number of hydrogen-bond donors (Lipinski definition) is 2. The van der Waals surface area contributed by atoms with Gasteiger partial charge in [0.05, 0.1) is 19.4 Å². The molecule has 0 spiro atoms. The van der Waals surface area contributed by atoms with Crippen LogP contribution in [0.25, 0.3) is 0 Å². The van der Waals surface area contributed by atoms with Crippen molar-refractivity contribution in [1.29, 1.82) is 0 Å². The third-order valence-electron chi connectivity index (χ3n) is 10.5. The number of carbonyl (C=O) groups is 2. The Kier molecular flexibility index (Phi) is 7.66. The average Bonchev–Trinajstić information content (AvgIpc) is 3.67. The van der Waals surface area contributed by atoms with Crippen molar-refractivity contribution in [2.45, 2.75) is 89.0 Å². The Hall–Kier alpha value is -4.00. The second kappa shape index (κ2) is 12.0. The van der Waals surface area contributed by atoms with Crippen LogP contribution in [0, 0.1) is 0 Å². The Morgan fingerprint density at radius 1 is 1.04 bits per heavy atom. The molecule has 0 radical (unpaired) electrons. The van der Waals surface area contributed by atoms with Gasteiger partial charge in [0.15, 0.2) is 5.78 Å². The number of amides is 1. The number of likely N-dealkylation sites (N-methyl/N-ethyl adjacent to an activating group) is 1. The molecule has 0 aromatic carbocycles. The normalized spacial score (nSPS) is 26.6. The van der Waals surface area contributed by atoms with Gasteiger partial charge in [0.2, 0.25) is 5.95 Å². The van der Waals surface area contributed by atoms with E-state index >= 15 is 0 Å². The van der Waals surface area contributed by atoms with Crippen LogP contribution < -0.4 is 10.2 Å². The molecule has 4 atom stereocenters. The lowest BCUT2D eigenvalue weighted by molar-refractivity contribution is -0.176. The minimum atomic E-state index is -0.680. The van der Waals surface area contributed by atoms with Gasteiger partial charge in [-0.3, -0.25) is 19.4 Å². The number of Topliss-reactive ketones (excluding diaryl/α,β-unsaturated/α-hetero) is 1. The summed E-state index contributed by atoms with van der Waals surface area (Å²) in [5.74, 6) is 0.881. The van der Waals surface area contributed by atoms with E-state index < -0.39 is 12.1 Å². The van der Waals surface area contributed by atoms with E-state index in [0.29, 0.717) is 41.7 Å². The molecule has 3 aromatic heterocycles. The summed E-state index contributed by atoms with van der Waals surface area (Å²) >= 11 is 0. The maximum atomic E-state index is 14.3. The minimum absolute atomic E-state index is 0.0688. The summed E-state index contributed by atoms with van der Waals surface area (Å²) in [4.78, 5) is 43.3. The molecular weight excluding hydrogens is 584 g/mol. The zero-order valence-corrected chi connectivity index (χ0v) is 26.3. The quantitative estimate of drug-likeness (QED) is 0.407. The van der Waals surface area contributed by atoms with Crippen LogP contribution in [0.15, 0.2) is 43.0 Å². The third-order valence-corrected chi connectivity index (χ3v) is 10.5. The number of carbonyl (C=O) groups excluding carboxylic acids is 2. The van der Waals surface area contributed by atoms with E-state index in [9.17, 15) is 14.7 Å². The summed E-state index contributed by atoms with van der Waals surface area (Å²) < 4.78 is 10.2. The number of piperidine rings is 1. The van der Waals surface area contributed by atoms with E-state index in [4.69, 9.17) is 4.74 Å². The third kappa shape index (κ3) is 4.85. The maximum Gasteiger partial charge on any atom is 0.276 e. The first kappa shape index (κ1) is 29.4. The van der Waals surface area contributed by atoms with E-state index in [1.165, 1.54) is 11.3 Å². The van der Waals surface area contributed by atoms with E-state index in [0.717, 1.165) is 64.5 Å². The molecule has 7 heterocycles. The van der Waals surface area contributed by atoms with Crippen LogP contribution in [-0.4, -0.2) is 84.7 Å². The van der Waals surface area contributed by atoms with Gasteiger partial charge >= 0.3 is 0 Å². The van der Waals surface area contributed by atoms with Crippen molar-refractivity contribution in [1.82, 2.24) is 28.9 Å². The van der Waals surface area contributed by atoms with Gasteiger partial charge in [-0.2, -0.15) is 0 Å². The summed E-state index contributed by atoms with van der Waals surface area (Å²) in [5, 5.41) is 14.1. The molecule has 0 bridgehead atoms. The highest BCUT2D eigenvalue weighted by molar-refractivity contribution is 6.06. The van der Waals surface area contributed by atoms with E-state index in [-0.39, 0.29) is 30.7 Å². The molecule has 2 N–H and O–H groups in total. The van der Waals surface area contributed by atoms with Crippen molar-refractivity contribution < 1.29 is 19.4 Å². The highest BCUT2D eigenvalue weighted by atomic mass is 16.5. The van der Waals surface area contributed by atoms with Crippen molar-refractivity contribution in [3.05, 3.63) is 71.1 Å². The topological polar surface area (TPSA) is 121 Å². The SMILES string of the molecule is CN1C=CC(Nc2nccn2C2CCCCN2C2CCO2)C(=O)C1c1ccnc(N2CCn3c(cc4c3CCCC4)C2=O)c1CO. The van der Waals surface area contributed by atoms with E-state index in [2.05, 4.69) is 29.3 Å². The zero-order chi connectivity index (χ0) is 31.4. The number of nitrogens with one attached hydrogen (secondary N) is 1. The van der Waals surface area contributed by atoms with Crippen LogP contribution in [0.1, 0.15) is 83.6 Å². The number of aryl methyl sites for hydroxylation is 1. The fourth-order valence-electron chi connectivity index (χ4n) is 8.11. The summed E-state index contributed by atoms with van der Waals surface area (Å²) in [6.07, 6.45) is 18.0. The van der Waals surface area contributed by atoms with Crippen molar-refractivity contribution in [2.75, 3.05) is 37.0 Å².